The third kappa shape index (κ3) is 5.35. The highest BCUT2D eigenvalue weighted by Crippen LogP contribution is 2.44. The van der Waals surface area contributed by atoms with Crippen LogP contribution >= 0.6 is 0 Å². The lowest BCUT2D eigenvalue weighted by Crippen LogP contribution is -2.40. The molecule has 180 valence electrons. The summed E-state index contributed by atoms with van der Waals surface area (Å²) in [5, 5.41) is 2.48. The summed E-state index contributed by atoms with van der Waals surface area (Å²) in [5.41, 5.74) is 5.17. The molecule has 4 rings (SSSR count). The average molecular weight is 474 g/mol. The number of amides is 1. The summed E-state index contributed by atoms with van der Waals surface area (Å²) in [7, 11) is 2.80. The number of benzene rings is 3. The lowest BCUT2D eigenvalue weighted by atomic mass is 9.97. The van der Waals surface area contributed by atoms with Crippen molar-refractivity contribution in [3.8, 4) is 16.9 Å². The lowest BCUT2D eigenvalue weighted by Gasteiger charge is -2.19. The van der Waals surface area contributed by atoms with Crippen LogP contribution in [0.15, 0.2) is 72.8 Å². The third-order valence-corrected chi connectivity index (χ3v) is 6.19. The molecule has 0 radical (unpaired) electrons. The predicted molar refractivity (Wildman–Crippen MR) is 130 cm³/mol. The minimum absolute atomic E-state index is 0.107. The van der Waals surface area contributed by atoms with Crippen LogP contribution in [0.4, 0.5) is 0 Å². The van der Waals surface area contributed by atoms with Crippen LogP contribution in [0, 0.1) is 5.92 Å². The van der Waals surface area contributed by atoms with Gasteiger partial charge in [0.2, 0.25) is 5.91 Å². The van der Waals surface area contributed by atoms with E-state index in [1.54, 1.807) is 31.4 Å². The van der Waals surface area contributed by atoms with E-state index in [2.05, 4.69) is 22.2 Å². The second kappa shape index (κ2) is 10.9. The molecule has 0 heterocycles. The van der Waals surface area contributed by atoms with E-state index in [1.165, 1.54) is 7.11 Å². The van der Waals surface area contributed by atoms with Crippen molar-refractivity contribution >= 4 is 17.8 Å². The molecule has 3 aromatic carbocycles. The van der Waals surface area contributed by atoms with Crippen LogP contribution in [0.5, 0.6) is 5.75 Å². The van der Waals surface area contributed by atoms with Gasteiger partial charge in [-0.25, -0.2) is 0 Å². The van der Waals surface area contributed by atoms with Crippen molar-refractivity contribution in [2.45, 2.75) is 12.3 Å². The van der Waals surface area contributed by atoms with Crippen molar-refractivity contribution < 1.29 is 28.6 Å². The first-order valence-corrected chi connectivity index (χ1v) is 11.3. The first-order valence-electron chi connectivity index (χ1n) is 11.3. The van der Waals surface area contributed by atoms with Crippen LogP contribution in [0.25, 0.3) is 11.1 Å². The highest BCUT2D eigenvalue weighted by atomic mass is 16.5. The largest absolute Gasteiger partial charge is 0.497 e. The SMILES string of the molecule is COC(=O)CNC(=O)[C@H](Cc1ccc(OC)cc1)C(=O)OCC1c2ccccc2-c2ccccc21. The fourth-order valence-electron chi connectivity index (χ4n) is 4.34. The van der Waals surface area contributed by atoms with Crippen molar-refractivity contribution in [3.05, 3.63) is 89.5 Å². The van der Waals surface area contributed by atoms with Gasteiger partial charge < -0.3 is 19.5 Å². The van der Waals surface area contributed by atoms with Crippen molar-refractivity contribution in [1.82, 2.24) is 5.32 Å². The number of rotatable bonds is 9. The fourth-order valence-corrected chi connectivity index (χ4v) is 4.34. The van der Waals surface area contributed by atoms with Gasteiger partial charge in [-0.05, 0) is 46.4 Å². The Kier molecular flexibility index (Phi) is 7.45. The summed E-state index contributed by atoms with van der Waals surface area (Å²) in [6.45, 7) is -0.221. The second-order valence-electron chi connectivity index (χ2n) is 8.26. The molecule has 0 aromatic heterocycles. The molecule has 0 spiro atoms. The molecule has 0 bridgehead atoms. The molecule has 0 saturated heterocycles. The van der Waals surface area contributed by atoms with E-state index in [0.29, 0.717) is 5.75 Å². The Morgan fingerprint density at radius 1 is 0.857 bits per heavy atom. The van der Waals surface area contributed by atoms with Crippen LogP contribution < -0.4 is 10.1 Å². The van der Waals surface area contributed by atoms with Gasteiger partial charge in [0.05, 0.1) is 14.2 Å². The predicted octanol–water partition coefficient (Wildman–Crippen LogP) is 3.50. The summed E-state index contributed by atoms with van der Waals surface area (Å²) in [4.78, 5) is 37.6. The molecule has 1 aliphatic rings. The minimum Gasteiger partial charge on any atom is -0.497 e. The Morgan fingerprint density at radius 2 is 1.46 bits per heavy atom. The summed E-state index contributed by atoms with van der Waals surface area (Å²) >= 11 is 0. The van der Waals surface area contributed by atoms with Gasteiger partial charge in [-0.3, -0.25) is 14.4 Å². The number of carbonyl (C=O) groups is 3. The van der Waals surface area contributed by atoms with Gasteiger partial charge in [0.15, 0.2) is 0 Å². The smallest absolute Gasteiger partial charge is 0.325 e. The number of methoxy groups -OCH3 is 2. The highest BCUT2D eigenvalue weighted by molar-refractivity contribution is 5.99. The second-order valence-corrected chi connectivity index (χ2v) is 8.26. The maximum atomic E-state index is 13.2. The maximum absolute atomic E-state index is 13.2. The summed E-state index contributed by atoms with van der Waals surface area (Å²) in [6.07, 6.45) is 0.119. The zero-order valence-corrected chi connectivity index (χ0v) is 19.7. The molecule has 0 fully saturated rings. The number of nitrogens with one attached hydrogen (secondary N) is 1. The van der Waals surface area contributed by atoms with Gasteiger partial charge in [0.25, 0.3) is 0 Å². The molecular weight excluding hydrogens is 446 g/mol. The number of carbonyl (C=O) groups excluding carboxylic acids is 3. The number of fused-ring (bicyclic) bond motifs is 3. The topological polar surface area (TPSA) is 90.9 Å². The molecule has 0 aliphatic heterocycles. The molecule has 0 saturated carbocycles. The first kappa shape index (κ1) is 24.0. The molecule has 35 heavy (non-hydrogen) atoms. The van der Waals surface area contributed by atoms with E-state index in [-0.39, 0.29) is 25.5 Å². The Balaban J connectivity index is 1.51. The Bertz CT molecular complexity index is 1170. The molecule has 3 aromatic rings. The van der Waals surface area contributed by atoms with E-state index >= 15 is 0 Å². The number of esters is 2. The van der Waals surface area contributed by atoms with Crippen molar-refractivity contribution in [2.24, 2.45) is 5.92 Å². The van der Waals surface area contributed by atoms with Crippen LogP contribution in [-0.4, -0.2) is 45.2 Å². The summed E-state index contributed by atoms with van der Waals surface area (Å²) in [6, 6.07) is 23.2. The Labute approximate surface area is 204 Å². The van der Waals surface area contributed by atoms with Crippen LogP contribution in [0.3, 0.4) is 0 Å². The number of hydrogen-bond acceptors (Lipinski definition) is 6. The Hall–Kier alpha value is -4.13. The van der Waals surface area contributed by atoms with Gasteiger partial charge in [-0.15, -0.1) is 0 Å². The van der Waals surface area contributed by atoms with E-state index in [4.69, 9.17) is 9.47 Å². The molecule has 1 N–H and O–H groups in total. The van der Waals surface area contributed by atoms with E-state index in [9.17, 15) is 14.4 Å². The zero-order valence-electron chi connectivity index (χ0n) is 19.7. The molecule has 1 amide bonds. The normalized spacial score (nSPS) is 12.7. The standard InChI is InChI=1S/C28H27NO6/c1-33-19-13-11-18(12-14-19)15-24(27(31)29-16-26(30)34-2)28(32)35-17-25-22-9-5-3-7-20(22)21-8-4-6-10-23(21)25/h3-14,24-25H,15-17H2,1-2H3,(H,29,31)/t24-/m0/s1. The van der Waals surface area contributed by atoms with Gasteiger partial charge in [-0.1, -0.05) is 60.7 Å². The van der Waals surface area contributed by atoms with Crippen LogP contribution in [-0.2, 0) is 30.3 Å². The average Bonchev–Trinajstić information content (AvgIpc) is 3.22. The van der Waals surface area contributed by atoms with Gasteiger partial charge in [-0.2, -0.15) is 0 Å². The quantitative estimate of drug-likeness (QED) is 0.378. The van der Waals surface area contributed by atoms with Crippen molar-refractivity contribution in [1.29, 1.82) is 0 Å². The first-order chi connectivity index (χ1) is 17.0. The molecule has 1 aliphatic carbocycles. The molecule has 7 nitrogen and oxygen atoms in total. The summed E-state index contributed by atoms with van der Waals surface area (Å²) < 4.78 is 15.5. The minimum atomic E-state index is -1.13. The molecular formula is C28H27NO6. The third-order valence-electron chi connectivity index (χ3n) is 6.19. The lowest BCUT2D eigenvalue weighted by molar-refractivity contribution is -0.153. The number of ether oxygens (including phenoxy) is 3. The van der Waals surface area contributed by atoms with Gasteiger partial charge in [0.1, 0.15) is 24.8 Å². The van der Waals surface area contributed by atoms with Crippen molar-refractivity contribution in [2.75, 3.05) is 27.4 Å². The van der Waals surface area contributed by atoms with E-state index in [1.807, 2.05) is 36.4 Å². The van der Waals surface area contributed by atoms with Crippen LogP contribution in [0.2, 0.25) is 0 Å². The maximum Gasteiger partial charge on any atom is 0.325 e. The van der Waals surface area contributed by atoms with E-state index < -0.39 is 23.8 Å². The monoisotopic (exact) mass is 473 g/mol. The Morgan fingerprint density at radius 3 is 2.03 bits per heavy atom. The van der Waals surface area contributed by atoms with E-state index in [0.717, 1.165) is 27.8 Å². The zero-order chi connectivity index (χ0) is 24.8. The van der Waals surface area contributed by atoms with Gasteiger partial charge in [0, 0.05) is 5.92 Å². The molecule has 0 unspecified atom stereocenters. The molecule has 1 atom stereocenters. The highest BCUT2D eigenvalue weighted by Gasteiger charge is 2.33. The van der Waals surface area contributed by atoms with Gasteiger partial charge >= 0.3 is 11.9 Å². The molecule has 7 heteroatoms. The summed E-state index contributed by atoms with van der Waals surface area (Å²) in [5.74, 6) is -2.42. The van der Waals surface area contributed by atoms with Crippen molar-refractivity contribution in [3.63, 3.8) is 0 Å². The number of hydrogen-bond donors (Lipinski definition) is 1. The fraction of sp³-hybridized carbons (Fsp3) is 0.250. The van der Waals surface area contributed by atoms with Crippen LogP contribution in [0.1, 0.15) is 22.6 Å².